The topological polar surface area (TPSA) is 28.4 Å². The molecule has 366 valence electrons. The van der Waals surface area contributed by atoms with Crippen LogP contribution in [0.5, 0.6) is 0 Å². The Morgan fingerprint density at radius 3 is 1.65 bits per heavy atom. The van der Waals surface area contributed by atoms with Gasteiger partial charge in [-0.05, 0) is 212 Å². The van der Waals surface area contributed by atoms with E-state index in [9.17, 15) is 0 Å². The van der Waals surface area contributed by atoms with Gasteiger partial charge in [0, 0.05) is 44.8 Å². The van der Waals surface area contributed by atoms with Crippen molar-refractivity contribution >= 4 is 68.6 Å². The van der Waals surface area contributed by atoms with Crippen LogP contribution in [-0.2, 0) is 32.5 Å². The van der Waals surface area contributed by atoms with Crippen LogP contribution in [0.2, 0.25) is 0 Å². The summed E-state index contributed by atoms with van der Waals surface area (Å²) in [6.45, 7) is 34.0. The minimum atomic E-state index is 0.0552. The second kappa shape index (κ2) is 15.8. The average Bonchev–Trinajstić information content (AvgIpc) is 3.69. The van der Waals surface area contributed by atoms with Crippen LogP contribution >= 0.6 is 0 Å². The molecule has 7 aromatic carbocycles. The average molecular weight is 947 g/mol. The molecule has 0 radical (unpaired) electrons. The number of hydrogen-bond donors (Lipinski definition) is 1. The summed E-state index contributed by atoms with van der Waals surface area (Å²) in [5.41, 5.74) is 27.5. The van der Waals surface area contributed by atoms with Crippen LogP contribution < -0.4 is 21.1 Å². The van der Waals surface area contributed by atoms with Gasteiger partial charge in [-0.1, -0.05) is 143 Å². The van der Waals surface area contributed by atoms with Crippen LogP contribution in [0.3, 0.4) is 0 Å². The van der Waals surface area contributed by atoms with Crippen LogP contribution in [0.4, 0.5) is 28.4 Å². The molecule has 8 aromatic rings. The number of aryl methyl sites for hydroxylation is 2. The number of para-hydroxylation sites is 1. The minimum Gasteiger partial charge on any atom is -0.456 e. The fraction of sp³-hybridized carbons (Fsp3) is 0.382. The maximum atomic E-state index is 6.84. The standard InChI is InChI=1S/C68H75BN2O/c1-40-18-17-19-41(2)61(40)42-32-48(46-37-60-47(45-20-15-16-21-59(45)72-60)36-56(46)70-43-22-24-49-51(34-43)65(7,8)28-26-63(49,3)4)62-58(33-42)71(44-23-25-50-52(35-44)66(9,10)29-27-64(50,5)6)57-39-54-53(38-55(57)69-62)67(11,12)30-31-68(54,13)14/h15-25,32-39,69-70H,26-31H2,1-14H3. The second-order valence-electron chi connectivity index (χ2n) is 26.7. The molecule has 0 unspecified atom stereocenters. The summed E-state index contributed by atoms with van der Waals surface area (Å²) in [5.74, 6) is 0. The summed E-state index contributed by atoms with van der Waals surface area (Å²) in [7, 11) is 0.816. The fourth-order valence-electron chi connectivity index (χ4n) is 13.9. The van der Waals surface area contributed by atoms with Crippen LogP contribution in [0.25, 0.3) is 44.2 Å². The SMILES string of the molecule is Cc1cccc(C)c1-c1cc(-c2cc3oc4ccccc4c3cc2Nc2ccc3c(c2)C(C)(C)CCC3(C)C)c2c(c1)N(c1ccc3c(c1)C(C)(C)CCC3(C)C)c1cc3c(cc1B2)C(C)(C)CCC3(C)C. The zero-order chi connectivity index (χ0) is 50.7. The highest BCUT2D eigenvalue weighted by Crippen LogP contribution is 2.53. The molecule has 4 aliphatic rings. The van der Waals surface area contributed by atoms with E-state index in [-0.39, 0.29) is 32.5 Å². The lowest BCUT2D eigenvalue weighted by atomic mass is 9.55. The first kappa shape index (κ1) is 47.0. The molecule has 0 amide bonds. The highest BCUT2D eigenvalue weighted by atomic mass is 16.3. The molecule has 0 saturated carbocycles. The van der Waals surface area contributed by atoms with E-state index >= 15 is 0 Å². The van der Waals surface area contributed by atoms with Crippen molar-refractivity contribution < 1.29 is 4.42 Å². The predicted octanol–water partition coefficient (Wildman–Crippen LogP) is 17.5. The van der Waals surface area contributed by atoms with Crippen molar-refractivity contribution in [3.05, 3.63) is 160 Å². The molecule has 0 spiro atoms. The Kier molecular flexibility index (Phi) is 10.3. The Morgan fingerprint density at radius 2 is 1.01 bits per heavy atom. The van der Waals surface area contributed by atoms with Gasteiger partial charge < -0.3 is 14.6 Å². The van der Waals surface area contributed by atoms with E-state index in [1.54, 1.807) is 0 Å². The van der Waals surface area contributed by atoms with Crippen LogP contribution in [-0.4, -0.2) is 7.28 Å². The number of hydrogen-bond acceptors (Lipinski definition) is 3. The first-order valence-corrected chi connectivity index (χ1v) is 27.2. The van der Waals surface area contributed by atoms with Crippen molar-refractivity contribution in [2.45, 2.75) is 168 Å². The lowest BCUT2D eigenvalue weighted by Gasteiger charge is -2.45. The maximum absolute atomic E-state index is 6.84. The molecule has 0 bridgehead atoms. The van der Waals surface area contributed by atoms with E-state index in [2.05, 4.69) is 222 Å². The maximum Gasteiger partial charge on any atom is 0.198 e. The molecule has 0 fully saturated rings. The predicted molar refractivity (Wildman–Crippen MR) is 311 cm³/mol. The van der Waals surface area contributed by atoms with Crippen molar-refractivity contribution in [1.29, 1.82) is 0 Å². The van der Waals surface area contributed by atoms with Gasteiger partial charge in [0.25, 0.3) is 0 Å². The van der Waals surface area contributed by atoms with Crippen molar-refractivity contribution in [3.8, 4) is 22.3 Å². The molecule has 0 saturated heterocycles. The second-order valence-corrected chi connectivity index (χ2v) is 26.7. The highest BCUT2D eigenvalue weighted by Gasteiger charge is 2.42. The summed E-state index contributed by atoms with van der Waals surface area (Å²) in [6.07, 6.45) is 7.06. The van der Waals surface area contributed by atoms with Crippen molar-refractivity contribution in [2.75, 3.05) is 10.2 Å². The van der Waals surface area contributed by atoms with Gasteiger partial charge in [0.15, 0.2) is 7.28 Å². The molecule has 2 heterocycles. The van der Waals surface area contributed by atoms with Crippen LogP contribution in [0.15, 0.2) is 120 Å². The fourth-order valence-corrected chi connectivity index (χ4v) is 13.9. The number of benzene rings is 7. The van der Waals surface area contributed by atoms with E-state index in [1.165, 1.54) is 128 Å². The zero-order valence-corrected chi connectivity index (χ0v) is 45.8. The Labute approximate surface area is 431 Å². The van der Waals surface area contributed by atoms with E-state index in [1.807, 2.05) is 0 Å². The lowest BCUT2D eigenvalue weighted by molar-refractivity contribution is 0.332. The van der Waals surface area contributed by atoms with Gasteiger partial charge in [0.05, 0.1) is 0 Å². The van der Waals surface area contributed by atoms with Gasteiger partial charge in [0.1, 0.15) is 11.2 Å². The van der Waals surface area contributed by atoms with E-state index in [4.69, 9.17) is 4.42 Å². The zero-order valence-electron chi connectivity index (χ0n) is 45.8. The van der Waals surface area contributed by atoms with Gasteiger partial charge in [-0.15, -0.1) is 0 Å². The third-order valence-electron chi connectivity index (χ3n) is 18.9. The number of fused-ring (bicyclic) bond motifs is 8. The Balaban J connectivity index is 1.17. The molecule has 3 nitrogen and oxygen atoms in total. The number of nitrogens with one attached hydrogen (secondary N) is 1. The quantitative estimate of drug-likeness (QED) is 0.174. The van der Waals surface area contributed by atoms with Crippen molar-refractivity contribution in [1.82, 2.24) is 0 Å². The summed E-state index contributed by atoms with van der Waals surface area (Å²) < 4.78 is 6.84. The molecule has 0 atom stereocenters. The van der Waals surface area contributed by atoms with Crippen LogP contribution in [0.1, 0.15) is 166 Å². The molecule has 72 heavy (non-hydrogen) atoms. The van der Waals surface area contributed by atoms with Gasteiger partial charge in [-0.25, -0.2) is 0 Å². The Hall–Kier alpha value is -6.00. The highest BCUT2D eigenvalue weighted by molar-refractivity contribution is 6.73. The number of anilines is 5. The minimum absolute atomic E-state index is 0.0552. The van der Waals surface area contributed by atoms with Crippen molar-refractivity contribution in [2.24, 2.45) is 0 Å². The summed E-state index contributed by atoms with van der Waals surface area (Å²) in [6, 6.07) is 45.1. The Morgan fingerprint density at radius 1 is 0.458 bits per heavy atom. The third kappa shape index (κ3) is 7.34. The molecular formula is C68H75BN2O. The molecular weight excluding hydrogens is 872 g/mol. The first-order valence-electron chi connectivity index (χ1n) is 27.2. The molecule has 1 aromatic heterocycles. The number of furan rings is 1. The smallest absolute Gasteiger partial charge is 0.198 e. The van der Waals surface area contributed by atoms with E-state index < -0.39 is 0 Å². The van der Waals surface area contributed by atoms with Gasteiger partial charge in [-0.2, -0.15) is 0 Å². The summed E-state index contributed by atoms with van der Waals surface area (Å²) in [4.78, 5) is 2.69. The van der Waals surface area contributed by atoms with Gasteiger partial charge >= 0.3 is 0 Å². The molecule has 1 N–H and O–H groups in total. The number of nitrogens with zero attached hydrogens (tertiary/aromatic N) is 1. The summed E-state index contributed by atoms with van der Waals surface area (Å²) in [5, 5.41) is 6.40. The summed E-state index contributed by atoms with van der Waals surface area (Å²) >= 11 is 0. The van der Waals surface area contributed by atoms with Crippen molar-refractivity contribution in [3.63, 3.8) is 0 Å². The largest absolute Gasteiger partial charge is 0.456 e. The van der Waals surface area contributed by atoms with E-state index in [0.717, 1.165) is 46.2 Å². The molecule has 4 heteroatoms. The van der Waals surface area contributed by atoms with Gasteiger partial charge in [-0.3, -0.25) is 0 Å². The van der Waals surface area contributed by atoms with Gasteiger partial charge in [0.2, 0.25) is 0 Å². The lowest BCUT2D eigenvalue weighted by Crippen LogP contribution is -2.44. The molecule has 3 aliphatic carbocycles. The molecule has 12 rings (SSSR count). The van der Waals surface area contributed by atoms with E-state index in [0.29, 0.717) is 0 Å². The first-order chi connectivity index (χ1) is 33.9. The normalized spacial score (nSPS) is 19.4. The molecule has 1 aliphatic heterocycles. The Bertz CT molecular complexity index is 3550. The third-order valence-corrected chi connectivity index (χ3v) is 18.9. The monoisotopic (exact) mass is 947 g/mol. The number of rotatable bonds is 5. The van der Waals surface area contributed by atoms with Crippen LogP contribution in [0, 0.1) is 13.8 Å².